The summed E-state index contributed by atoms with van der Waals surface area (Å²) < 4.78 is 0. The number of pyridine rings is 1. The highest BCUT2D eigenvalue weighted by molar-refractivity contribution is 5.81. The minimum Gasteiger partial charge on any atom is -0.339 e. The van der Waals surface area contributed by atoms with Gasteiger partial charge in [0.2, 0.25) is 5.91 Å². The molecule has 5 heteroatoms. The van der Waals surface area contributed by atoms with Crippen molar-refractivity contribution < 1.29 is 4.79 Å². The first kappa shape index (κ1) is 14.0. The van der Waals surface area contributed by atoms with Gasteiger partial charge >= 0.3 is 0 Å². The minimum absolute atomic E-state index is 0.0951. The summed E-state index contributed by atoms with van der Waals surface area (Å²) >= 11 is 0. The van der Waals surface area contributed by atoms with E-state index in [4.69, 9.17) is 0 Å². The lowest BCUT2D eigenvalue weighted by molar-refractivity contribution is -0.134. The SMILES string of the molecule is CNC(C)C(=O)N1CCN(Cc2ccccn2)CC1. The van der Waals surface area contributed by atoms with Crippen LogP contribution in [-0.2, 0) is 11.3 Å². The number of nitrogens with one attached hydrogen (secondary N) is 1. The summed E-state index contributed by atoms with van der Waals surface area (Å²) in [5.41, 5.74) is 1.09. The van der Waals surface area contributed by atoms with E-state index in [1.54, 1.807) is 0 Å². The van der Waals surface area contributed by atoms with Crippen LogP contribution in [0.4, 0.5) is 0 Å². The second kappa shape index (κ2) is 6.63. The maximum Gasteiger partial charge on any atom is 0.239 e. The topological polar surface area (TPSA) is 48.5 Å². The zero-order chi connectivity index (χ0) is 13.7. The fourth-order valence-corrected chi connectivity index (χ4v) is 2.24. The molecule has 0 spiro atoms. The lowest BCUT2D eigenvalue weighted by Gasteiger charge is -2.35. The molecule has 19 heavy (non-hydrogen) atoms. The van der Waals surface area contributed by atoms with Crippen LogP contribution in [-0.4, -0.2) is 60.0 Å². The predicted octanol–water partition coefficient (Wildman–Crippen LogP) is 0.334. The number of carbonyl (C=O) groups is 1. The molecule has 2 heterocycles. The third-order valence-electron chi connectivity index (χ3n) is 3.60. The lowest BCUT2D eigenvalue weighted by Crippen LogP contribution is -2.52. The fourth-order valence-electron chi connectivity index (χ4n) is 2.24. The highest BCUT2D eigenvalue weighted by atomic mass is 16.2. The third kappa shape index (κ3) is 3.75. The van der Waals surface area contributed by atoms with Crippen molar-refractivity contribution >= 4 is 5.91 Å². The van der Waals surface area contributed by atoms with Crippen molar-refractivity contribution in [2.45, 2.75) is 19.5 Å². The van der Waals surface area contributed by atoms with Crippen LogP contribution in [0.15, 0.2) is 24.4 Å². The van der Waals surface area contributed by atoms with E-state index in [0.29, 0.717) is 0 Å². The third-order valence-corrected chi connectivity index (χ3v) is 3.60. The molecule has 0 aliphatic carbocycles. The van der Waals surface area contributed by atoms with E-state index in [9.17, 15) is 4.79 Å². The first-order valence-electron chi connectivity index (χ1n) is 6.79. The Kier molecular flexibility index (Phi) is 4.87. The molecule has 2 rings (SSSR count). The zero-order valence-electron chi connectivity index (χ0n) is 11.7. The van der Waals surface area contributed by atoms with E-state index >= 15 is 0 Å². The van der Waals surface area contributed by atoms with Crippen molar-refractivity contribution in [2.24, 2.45) is 0 Å². The Labute approximate surface area is 114 Å². The molecule has 1 atom stereocenters. The largest absolute Gasteiger partial charge is 0.339 e. The van der Waals surface area contributed by atoms with Crippen LogP contribution in [0.25, 0.3) is 0 Å². The van der Waals surface area contributed by atoms with Crippen LogP contribution in [0, 0.1) is 0 Å². The smallest absolute Gasteiger partial charge is 0.239 e. The number of hydrogen-bond acceptors (Lipinski definition) is 4. The zero-order valence-corrected chi connectivity index (χ0v) is 11.7. The van der Waals surface area contributed by atoms with Gasteiger partial charge in [-0.15, -0.1) is 0 Å². The van der Waals surface area contributed by atoms with Crippen LogP contribution in [0.1, 0.15) is 12.6 Å². The van der Waals surface area contributed by atoms with Gasteiger partial charge in [0.25, 0.3) is 0 Å². The Morgan fingerprint density at radius 3 is 2.68 bits per heavy atom. The Hall–Kier alpha value is -1.46. The quantitative estimate of drug-likeness (QED) is 0.850. The molecule has 1 fully saturated rings. The maximum atomic E-state index is 12.0. The normalized spacial score (nSPS) is 18.3. The predicted molar refractivity (Wildman–Crippen MR) is 74.6 cm³/mol. The first-order valence-corrected chi connectivity index (χ1v) is 6.79. The van der Waals surface area contributed by atoms with E-state index in [0.717, 1.165) is 38.4 Å². The molecular formula is C14H22N4O. The van der Waals surface area contributed by atoms with Crippen molar-refractivity contribution in [1.29, 1.82) is 0 Å². The lowest BCUT2D eigenvalue weighted by atomic mass is 10.2. The van der Waals surface area contributed by atoms with Gasteiger partial charge in [-0.25, -0.2) is 0 Å². The summed E-state index contributed by atoms with van der Waals surface area (Å²) in [5.74, 6) is 0.194. The van der Waals surface area contributed by atoms with E-state index in [-0.39, 0.29) is 11.9 Å². The molecule has 1 saturated heterocycles. The molecule has 0 radical (unpaired) electrons. The second-order valence-electron chi connectivity index (χ2n) is 4.93. The Morgan fingerprint density at radius 2 is 2.11 bits per heavy atom. The van der Waals surface area contributed by atoms with Gasteiger partial charge in [-0.1, -0.05) is 6.07 Å². The second-order valence-corrected chi connectivity index (χ2v) is 4.93. The number of likely N-dealkylation sites (N-methyl/N-ethyl adjacent to an activating group) is 1. The van der Waals surface area contributed by atoms with Crippen LogP contribution >= 0.6 is 0 Å². The molecule has 1 aliphatic rings. The summed E-state index contributed by atoms with van der Waals surface area (Å²) in [7, 11) is 1.82. The van der Waals surface area contributed by atoms with Crippen LogP contribution < -0.4 is 5.32 Å². The summed E-state index contributed by atoms with van der Waals surface area (Å²) in [4.78, 5) is 20.6. The van der Waals surface area contributed by atoms with E-state index in [1.807, 2.05) is 43.3 Å². The van der Waals surface area contributed by atoms with Crippen molar-refractivity contribution in [1.82, 2.24) is 20.1 Å². The molecular weight excluding hydrogens is 240 g/mol. The van der Waals surface area contributed by atoms with Gasteiger partial charge in [-0.2, -0.15) is 0 Å². The molecule has 104 valence electrons. The van der Waals surface area contributed by atoms with Crippen molar-refractivity contribution in [2.75, 3.05) is 33.2 Å². The van der Waals surface area contributed by atoms with Gasteiger partial charge in [-0.05, 0) is 26.1 Å². The molecule has 1 aromatic heterocycles. The molecule has 1 N–H and O–H groups in total. The van der Waals surface area contributed by atoms with Gasteiger partial charge in [0.1, 0.15) is 0 Å². The summed E-state index contributed by atoms with van der Waals surface area (Å²) in [6, 6.07) is 5.89. The molecule has 1 unspecified atom stereocenters. The number of carbonyl (C=O) groups excluding carboxylic acids is 1. The van der Waals surface area contributed by atoms with Gasteiger partial charge in [0.15, 0.2) is 0 Å². The van der Waals surface area contributed by atoms with E-state index in [2.05, 4.69) is 15.2 Å². The average molecular weight is 262 g/mol. The molecule has 0 aromatic carbocycles. The van der Waals surface area contributed by atoms with Crippen molar-refractivity contribution in [3.05, 3.63) is 30.1 Å². The Bertz CT molecular complexity index is 401. The van der Waals surface area contributed by atoms with Gasteiger partial charge in [0.05, 0.1) is 11.7 Å². The molecule has 0 bridgehead atoms. The number of piperazine rings is 1. The Morgan fingerprint density at radius 1 is 1.37 bits per heavy atom. The highest BCUT2D eigenvalue weighted by Crippen LogP contribution is 2.07. The van der Waals surface area contributed by atoms with Crippen molar-refractivity contribution in [3.63, 3.8) is 0 Å². The number of amides is 1. The minimum atomic E-state index is -0.0951. The monoisotopic (exact) mass is 262 g/mol. The van der Waals surface area contributed by atoms with Crippen LogP contribution in [0.5, 0.6) is 0 Å². The molecule has 0 saturated carbocycles. The molecule has 1 aromatic rings. The van der Waals surface area contributed by atoms with Crippen LogP contribution in [0.2, 0.25) is 0 Å². The standard InChI is InChI=1S/C14H22N4O/c1-12(15-2)14(19)18-9-7-17(8-10-18)11-13-5-3-4-6-16-13/h3-6,12,15H,7-11H2,1-2H3. The number of nitrogens with zero attached hydrogens (tertiary/aromatic N) is 3. The van der Waals surface area contributed by atoms with Gasteiger partial charge in [-0.3, -0.25) is 14.7 Å². The molecule has 5 nitrogen and oxygen atoms in total. The first-order chi connectivity index (χ1) is 9.20. The fraction of sp³-hybridized carbons (Fsp3) is 0.571. The molecule has 1 aliphatic heterocycles. The summed E-state index contributed by atoms with van der Waals surface area (Å²) in [6.45, 7) is 6.21. The van der Waals surface area contributed by atoms with E-state index < -0.39 is 0 Å². The summed E-state index contributed by atoms with van der Waals surface area (Å²) in [5, 5.41) is 3.00. The average Bonchev–Trinajstić information content (AvgIpc) is 2.47. The molecule has 1 amide bonds. The summed E-state index contributed by atoms with van der Waals surface area (Å²) in [6.07, 6.45) is 1.82. The van der Waals surface area contributed by atoms with Gasteiger partial charge < -0.3 is 10.2 Å². The number of aromatic nitrogens is 1. The van der Waals surface area contributed by atoms with Crippen molar-refractivity contribution in [3.8, 4) is 0 Å². The highest BCUT2D eigenvalue weighted by Gasteiger charge is 2.23. The van der Waals surface area contributed by atoms with Crippen LogP contribution in [0.3, 0.4) is 0 Å². The van der Waals surface area contributed by atoms with E-state index in [1.165, 1.54) is 0 Å². The maximum absolute atomic E-state index is 12.0. The number of hydrogen-bond donors (Lipinski definition) is 1. The Balaban J connectivity index is 1.81. The van der Waals surface area contributed by atoms with Gasteiger partial charge in [0, 0.05) is 38.9 Å². The number of rotatable bonds is 4.